The average molecular weight is 537 g/mol. The van der Waals surface area contributed by atoms with Crippen molar-refractivity contribution in [1.29, 1.82) is 0 Å². The van der Waals surface area contributed by atoms with Gasteiger partial charge in [-0.3, -0.25) is 4.68 Å². The van der Waals surface area contributed by atoms with E-state index in [1.165, 1.54) is 7.11 Å². The molecule has 3 unspecified atom stereocenters. The second kappa shape index (κ2) is 11.7. The number of aromatic nitrogens is 2. The topological polar surface area (TPSA) is 106 Å². The van der Waals surface area contributed by atoms with Crippen molar-refractivity contribution in [3.63, 3.8) is 0 Å². The zero-order valence-corrected chi connectivity index (χ0v) is 21.1. The Morgan fingerprint density at radius 1 is 1.03 bits per heavy atom. The molecule has 1 aliphatic heterocycles. The van der Waals surface area contributed by atoms with Crippen molar-refractivity contribution in [1.82, 2.24) is 9.78 Å². The highest BCUT2D eigenvalue weighted by Gasteiger charge is 2.42. The molecule has 2 aromatic carbocycles. The Labute approximate surface area is 218 Å². The smallest absolute Gasteiger partial charge is 0.433 e. The molecule has 38 heavy (non-hydrogen) atoms. The summed E-state index contributed by atoms with van der Waals surface area (Å²) in [6.07, 6.45) is -9.31. The molecular weight excluding hydrogens is 505 g/mol. The standard InChI is InChI=1S/C27H31F3N2O6/c1-3-16-4-6-17(7-5-16)12-20-25(27(28,29)30)32(14-18-8-10-19(36-2)11-9-18)31-26(20)38-23-13-21(34)24(35)22(15-33)37-23/h4-11,21-24,33-35H,3,12-15H2,1-2H3/t21?,22?,23?,24-/m0/s1. The summed E-state index contributed by atoms with van der Waals surface area (Å²) in [4.78, 5) is 0. The maximum Gasteiger partial charge on any atom is 0.433 e. The monoisotopic (exact) mass is 536 g/mol. The van der Waals surface area contributed by atoms with Crippen LogP contribution < -0.4 is 9.47 Å². The minimum absolute atomic E-state index is 0.113. The van der Waals surface area contributed by atoms with Gasteiger partial charge in [0.05, 0.1) is 31.9 Å². The van der Waals surface area contributed by atoms with Gasteiger partial charge >= 0.3 is 6.18 Å². The average Bonchev–Trinajstić information content (AvgIpc) is 3.23. The van der Waals surface area contributed by atoms with Gasteiger partial charge in [-0.05, 0) is 35.2 Å². The Bertz CT molecular complexity index is 1200. The fourth-order valence-corrected chi connectivity index (χ4v) is 4.43. The van der Waals surface area contributed by atoms with Crippen molar-refractivity contribution in [2.75, 3.05) is 13.7 Å². The highest BCUT2D eigenvalue weighted by Crippen LogP contribution is 2.39. The molecule has 1 fully saturated rings. The van der Waals surface area contributed by atoms with Crippen LogP contribution in [0, 0.1) is 0 Å². The molecule has 8 nitrogen and oxygen atoms in total. The van der Waals surface area contributed by atoms with Crippen LogP contribution in [0.2, 0.25) is 0 Å². The zero-order valence-electron chi connectivity index (χ0n) is 21.1. The first kappa shape index (κ1) is 27.9. The molecule has 1 saturated heterocycles. The SMILES string of the molecule is CCc1ccc(Cc2c(OC3CC(O)[C@H](O)C(CO)O3)nn(Cc3ccc(OC)cc3)c2C(F)(F)F)cc1. The summed E-state index contributed by atoms with van der Waals surface area (Å²) in [6, 6.07) is 13.9. The first-order valence-corrected chi connectivity index (χ1v) is 12.3. The molecule has 206 valence electrons. The molecule has 0 saturated carbocycles. The van der Waals surface area contributed by atoms with E-state index in [0.29, 0.717) is 16.9 Å². The Kier molecular flexibility index (Phi) is 8.61. The number of hydrogen-bond donors (Lipinski definition) is 3. The molecule has 4 rings (SSSR count). The molecule has 11 heteroatoms. The van der Waals surface area contributed by atoms with Gasteiger partial charge in [0, 0.05) is 12.8 Å². The van der Waals surface area contributed by atoms with Gasteiger partial charge in [0.2, 0.25) is 12.2 Å². The number of benzene rings is 2. The van der Waals surface area contributed by atoms with Gasteiger partial charge in [-0.25, -0.2) is 0 Å². The van der Waals surface area contributed by atoms with Gasteiger partial charge in [0.15, 0.2) is 0 Å². The molecule has 0 aliphatic carbocycles. The summed E-state index contributed by atoms with van der Waals surface area (Å²) in [5, 5.41) is 33.8. The highest BCUT2D eigenvalue weighted by atomic mass is 19.4. The van der Waals surface area contributed by atoms with E-state index >= 15 is 0 Å². The van der Waals surface area contributed by atoms with E-state index in [1.54, 1.807) is 36.4 Å². The Balaban J connectivity index is 1.74. The van der Waals surface area contributed by atoms with Crippen molar-refractivity contribution in [3.05, 3.63) is 76.5 Å². The van der Waals surface area contributed by atoms with E-state index in [0.717, 1.165) is 16.7 Å². The fraction of sp³-hybridized carbons (Fsp3) is 0.444. The Hall–Kier alpha value is -3.12. The first-order valence-electron chi connectivity index (χ1n) is 12.3. The fourth-order valence-electron chi connectivity index (χ4n) is 4.43. The summed E-state index contributed by atoms with van der Waals surface area (Å²) in [7, 11) is 1.50. The minimum Gasteiger partial charge on any atom is -0.497 e. The van der Waals surface area contributed by atoms with Crippen LogP contribution >= 0.6 is 0 Å². The normalized spacial score (nSPS) is 21.9. The van der Waals surface area contributed by atoms with Gasteiger partial charge in [0.1, 0.15) is 23.7 Å². The molecule has 2 heterocycles. The largest absolute Gasteiger partial charge is 0.497 e. The molecular formula is C27H31F3N2O6. The third kappa shape index (κ3) is 6.29. The van der Waals surface area contributed by atoms with Crippen LogP contribution in [0.1, 0.15) is 41.3 Å². The van der Waals surface area contributed by atoms with Gasteiger partial charge in [-0.15, -0.1) is 5.10 Å². The summed E-state index contributed by atoms with van der Waals surface area (Å²) in [5.74, 6) is 0.273. The summed E-state index contributed by atoms with van der Waals surface area (Å²) in [5.41, 5.74) is 1.11. The highest BCUT2D eigenvalue weighted by molar-refractivity contribution is 5.40. The van der Waals surface area contributed by atoms with Crippen molar-refractivity contribution in [2.45, 2.75) is 63.5 Å². The number of alkyl halides is 3. The predicted molar refractivity (Wildman–Crippen MR) is 131 cm³/mol. The third-order valence-electron chi connectivity index (χ3n) is 6.54. The lowest BCUT2D eigenvalue weighted by molar-refractivity contribution is -0.230. The summed E-state index contributed by atoms with van der Waals surface area (Å²) < 4.78 is 60.8. The minimum atomic E-state index is -4.75. The van der Waals surface area contributed by atoms with E-state index < -0.39 is 43.1 Å². The number of halogens is 3. The van der Waals surface area contributed by atoms with E-state index in [1.807, 2.05) is 19.1 Å². The van der Waals surface area contributed by atoms with E-state index in [9.17, 15) is 28.5 Å². The van der Waals surface area contributed by atoms with E-state index in [2.05, 4.69) is 5.10 Å². The number of rotatable bonds is 9. The number of aliphatic hydroxyl groups is 3. The maximum atomic E-state index is 14.5. The zero-order chi connectivity index (χ0) is 27.4. The van der Waals surface area contributed by atoms with Crippen molar-refractivity contribution in [3.8, 4) is 11.6 Å². The van der Waals surface area contributed by atoms with Crippen LogP contribution in [-0.2, 0) is 30.3 Å². The van der Waals surface area contributed by atoms with Crippen molar-refractivity contribution >= 4 is 0 Å². The van der Waals surface area contributed by atoms with Crippen LogP contribution in [0.5, 0.6) is 11.6 Å². The van der Waals surface area contributed by atoms with Crippen LogP contribution in [0.4, 0.5) is 13.2 Å². The number of ether oxygens (including phenoxy) is 3. The van der Waals surface area contributed by atoms with Gasteiger partial charge in [-0.1, -0.05) is 43.3 Å². The van der Waals surface area contributed by atoms with Gasteiger partial charge in [0.25, 0.3) is 0 Å². The second-order valence-corrected chi connectivity index (χ2v) is 9.18. The Morgan fingerprint density at radius 3 is 2.24 bits per heavy atom. The van der Waals surface area contributed by atoms with E-state index in [4.69, 9.17) is 14.2 Å². The number of aryl methyl sites for hydroxylation is 1. The number of hydrogen-bond acceptors (Lipinski definition) is 7. The molecule has 3 N–H and O–H groups in total. The van der Waals surface area contributed by atoms with Gasteiger partial charge < -0.3 is 29.5 Å². The van der Waals surface area contributed by atoms with Crippen molar-refractivity contribution < 1.29 is 42.7 Å². The lowest BCUT2D eigenvalue weighted by Gasteiger charge is -2.35. The van der Waals surface area contributed by atoms with Crippen LogP contribution in [0.25, 0.3) is 0 Å². The molecule has 4 atom stereocenters. The van der Waals surface area contributed by atoms with Crippen LogP contribution in [-0.4, -0.2) is 63.4 Å². The molecule has 0 radical (unpaired) electrons. The summed E-state index contributed by atoms with van der Waals surface area (Å²) >= 11 is 0. The quantitative estimate of drug-likeness (QED) is 0.385. The molecule has 0 amide bonds. The first-order chi connectivity index (χ1) is 18.1. The van der Waals surface area contributed by atoms with Crippen LogP contribution in [0.3, 0.4) is 0 Å². The van der Waals surface area contributed by atoms with E-state index in [-0.39, 0.29) is 30.8 Å². The van der Waals surface area contributed by atoms with Crippen LogP contribution in [0.15, 0.2) is 48.5 Å². The number of nitrogens with zero attached hydrogens (tertiary/aromatic N) is 2. The molecule has 3 aromatic rings. The molecule has 0 spiro atoms. The molecule has 1 aromatic heterocycles. The second-order valence-electron chi connectivity index (χ2n) is 9.18. The van der Waals surface area contributed by atoms with Gasteiger partial charge in [-0.2, -0.15) is 13.2 Å². The molecule has 1 aliphatic rings. The molecule has 0 bridgehead atoms. The van der Waals surface area contributed by atoms with Crippen molar-refractivity contribution in [2.24, 2.45) is 0 Å². The number of methoxy groups -OCH3 is 1. The summed E-state index contributed by atoms with van der Waals surface area (Å²) in [6.45, 7) is 1.20. The lowest BCUT2D eigenvalue weighted by Crippen LogP contribution is -2.51. The third-order valence-corrected chi connectivity index (χ3v) is 6.54. The Morgan fingerprint density at radius 2 is 1.66 bits per heavy atom. The maximum absolute atomic E-state index is 14.5. The lowest BCUT2D eigenvalue weighted by atomic mass is 10.0. The number of aliphatic hydroxyl groups excluding tert-OH is 3. The predicted octanol–water partition coefficient (Wildman–Crippen LogP) is 3.32.